The lowest BCUT2D eigenvalue weighted by Gasteiger charge is -2.50. The van der Waals surface area contributed by atoms with Crippen molar-refractivity contribution in [2.75, 3.05) is 0 Å². The van der Waals surface area contributed by atoms with E-state index < -0.39 is 0 Å². The number of carbonyl (C=O) groups is 1. The van der Waals surface area contributed by atoms with E-state index in [-0.39, 0.29) is 16.6 Å². The number of halogens is 1. The number of benzene rings is 1. The smallest absolute Gasteiger partial charge is 0.126 e. The molecule has 24 heavy (non-hydrogen) atoms. The summed E-state index contributed by atoms with van der Waals surface area (Å²) in [6.07, 6.45) is 9.06. The Bertz CT molecular complexity index is 836. The second-order valence-electron chi connectivity index (χ2n) is 7.51. The predicted octanol–water partition coefficient (Wildman–Crippen LogP) is 4.35. The van der Waals surface area contributed by atoms with Crippen molar-refractivity contribution in [1.29, 1.82) is 0 Å². The third kappa shape index (κ3) is 2.02. The van der Waals surface area contributed by atoms with Crippen LogP contribution in [0.5, 0.6) is 0 Å². The van der Waals surface area contributed by atoms with Gasteiger partial charge in [0.2, 0.25) is 0 Å². The molecule has 1 heterocycles. The lowest BCUT2D eigenvalue weighted by atomic mass is 9.53. The molecule has 0 aliphatic heterocycles. The molecule has 2 aromatic rings. The minimum absolute atomic E-state index is 0.142. The molecule has 0 saturated heterocycles. The van der Waals surface area contributed by atoms with Crippen LogP contribution >= 0.6 is 0 Å². The van der Waals surface area contributed by atoms with E-state index in [9.17, 15) is 9.18 Å². The number of aromatic nitrogens is 2. The van der Waals surface area contributed by atoms with E-state index in [1.165, 1.54) is 17.7 Å². The Morgan fingerprint density at radius 1 is 1.25 bits per heavy atom. The van der Waals surface area contributed by atoms with Crippen molar-refractivity contribution in [3.8, 4) is 5.69 Å². The average Bonchev–Trinajstić information content (AvgIpc) is 2.97. The Labute approximate surface area is 141 Å². The van der Waals surface area contributed by atoms with Crippen molar-refractivity contribution in [3.05, 3.63) is 53.1 Å². The van der Waals surface area contributed by atoms with E-state index in [4.69, 9.17) is 0 Å². The largest absolute Gasteiger partial charge is 0.303 e. The van der Waals surface area contributed by atoms with Crippen molar-refractivity contribution < 1.29 is 9.18 Å². The van der Waals surface area contributed by atoms with Crippen molar-refractivity contribution in [1.82, 2.24) is 9.78 Å². The molecular formula is C20H21FN2O. The highest BCUT2D eigenvalue weighted by atomic mass is 19.1. The van der Waals surface area contributed by atoms with Gasteiger partial charge in [0.15, 0.2) is 0 Å². The highest BCUT2D eigenvalue weighted by Gasteiger charge is 2.50. The first-order valence-corrected chi connectivity index (χ1v) is 8.47. The van der Waals surface area contributed by atoms with Gasteiger partial charge in [0, 0.05) is 10.8 Å². The van der Waals surface area contributed by atoms with Gasteiger partial charge in [-0.3, -0.25) is 0 Å². The minimum Gasteiger partial charge on any atom is -0.303 e. The fraction of sp³-hybridized carbons (Fsp3) is 0.400. The third-order valence-corrected chi connectivity index (χ3v) is 6.18. The molecule has 0 spiro atoms. The molecule has 4 rings (SSSR count). The molecule has 1 fully saturated rings. The van der Waals surface area contributed by atoms with E-state index in [2.05, 4.69) is 25.0 Å². The standard InChI is InChI=1S/C20H21FN2O/c1-19(13-24)9-3-4-15-10-18-14(11-20(15,19)2)12-22-23(18)17-7-5-16(21)6-8-17/h5-8,10,12-13H,3-4,9,11H2,1-2H3/t19-,20-/m0/s1. The number of hydrogen-bond donors (Lipinski definition) is 0. The third-order valence-electron chi connectivity index (χ3n) is 6.18. The van der Waals surface area contributed by atoms with Gasteiger partial charge >= 0.3 is 0 Å². The molecule has 0 amide bonds. The first-order valence-electron chi connectivity index (χ1n) is 8.47. The number of allylic oxidation sites excluding steroid dienone is 1. The Hall–Kier alpha value is -2.23. The van der Waals surface area contributed by atoms with Crippen molar-refractivity contribution in [2.24, 2.45) is 10.8 Å². The number of fused-ring (bicyclic) bond motifs is 2. The zero-order valence-electron chi connectivity index (χ0n) is 14.1. The summed E-state index contributed by atoms with van der Waals surface area (Å²) in [6.45, 7) is 4.30. The molecule has 2 aliphatic rings. The van der Waals surface area contributed by atoms with Crippen LogP contribution in [-0.2, 0) is 11.2 Å². The van der Waals surface area contributed by atoms with Crippen molar-refractivity contribution in [2.45, 2.75) is 39.5 Å². The monoisotopic (exact) mass is 324 g/mol. The molecule has 0 unspecified atom stereocenters. The van der Waals surface area contributed by atoms with Crippen LogP contribution in [0, 0.1) is 16.6 Å². The number of hydrogen-bond acceptors (Lipinski definition) is 2. The highest BCUT2D eigenvalue weighted by Crippen LogP contribution is 2.56. The topological polar surface area (TPSA) is 34.9 Å². The normalized spacial score (nSPS) is 28.7. The maximum Gasteiger partial charge on any atom is 0.126 e. The molecule has 124 valence electrons. The molecule has 0 radical (unpaired) electrons. The van der Waals surface area contributed by atoms with Gasteiger partial charge < -0.3 is 4.79 Å². The van der Waals surface area contributed by atoms with E-state index >= 15 is 0 Å². The molecular weight excluding hydrogens is 303 g/mol. The maximum atomic E-state index is 13.2. The fourth-order valence-corrected chi connectivity index (χ4v) is 4.32. The van der Waals surface area contributed by atoms with Crippen LogP contribution in [0.1, 0.15) is 44.4 Å². The van der Waals surface area contributed by atoms with Crippen LogP contribution in [0.3, 0.4) is 0 Å². The fourth-order valence-electron chi connectivity index (χ4n) is 4.32. The number of nitrogens with zero attached hydrogens (tertiary/aromatic N) is 2. The molecule has 1 aromatic carbocycles. The van der Waals surface area contributed by atoms with E-state index in [1.807, 2.05) is 10.9 Å². The molecule has 1 saturated carbocycles. The molecule has 1 aromatic heterocycles. The molecule has 0 N–H and O–H groups in total. The number of rotatable bonds is 2. The second-order valence-corrected chi connectivity index (χ2v) is 7.51. The lowest BCUT2D eigenvalue weighted by molar-refractivity contribution is -0.122. The van der Waals surface area contributed by atoms with E-state index in [0.29, 0.717) is 0 Å². The summed E-state index contributed by atoms with van der Waals surface area (Å²) in [7, 11) is 0. The second kappa shape index (κ2) is 5.13. The first kappa shape index (κ1) is 15.3. The molecule has 3 nitrogen and oxygen atoms in total. The maximum absolute atomic E-state index is 13.2. The predicted molar refractivity (Wildman–Crippen MR) is 91.3 cm³/mol. The van der Waals surface area contributed by atoms with Gasteiger partial charge in [-0.25, -0.2) is 9.07 Å². The summed E-state index contributed by atoms with van der Waals surface area (Å²) in [4.78, 5) is 11.8. The van der Waals surface area contributed by atoms with Gasteiger partial charge in [-0.2, -0.15) is 5.10 Å². The molecule has 2 atom stereocenters. The van der Waals surface area contributed by atoms with Gasteiger partial charge in [0.1, 0.15) is 12.1 Å². The van der Waals surface area contributed by atoms with Crippen molar-refractivity contribution >= 4 is 12.4 Å². The van der Waals surface area contributed by atoms with Gasteiger partial charge in [-0.1, -0.05) is 19.4 Å². The van der Waals surface area contributed by atoms with Gasteiger partial charge in [0.25, 0.3) is 0 Å². The van der Waals surface area contributed by atoms with Gasteiger partial charge in [-0.15, -0.1) is 0 Å². The van der Waals surface area contributed by atoms with Gasteiger partial charge in [0.05, 0.1) is 17.6 Å². The zero-order chi connectivity index (χ0) is 16.9. The number of carbonyl (C=O) groups excluding carboxylic acids is 1. The van der Waals surface area contributed by atoms with Crippen LogP contribution < -0.4 is 0 Å². The van der Waals surface area contributed by atoms with Crippen molar-refractivity contribution in [3.63, 3.8) is 0 Å². The lowest BCUT2D eigenvalue weighted by Crippen LogP contribution is -2.46. The number of aldehydes is 1. The van der Waals surface area contributed by atoms with Crippen LogP contribution in [0.15, 0.2) is 36.0 Å². The summed E-state index contributed by atoms with van der Waals surface area (Å²) in [5, 5.41) is 4.52. The van der Waals surface area contributed by atoms with Crippen LogP contribution in [0.2, 0.25) is 0 Å². The quantitative estimate of drug-likeness (QED) is 0.770. The summed E-state index contributed by atoms with van der Waals surface area (Å²) in [5.74, 6) is -0.250. The van der Waals surface area contributed by atoms with Crippen LogP contribution in [0.25, 0.3) is 11.8 Å². The van der Waals surface area contributed by atoms with E-state index in [0.717, 1.165) is 48.9 Å². The molecule has 2 aliphatic carbocycles. The summed E-state index contributed by atoms with van der Waals surface area (Å²) in [6, 6.07) is 6.39. The summed E-state index contributed by atoms with van der Waals surface area (Å²) >= 11 is 0. The Kier molecular flexibility index (Phi) is 3.27. The zero-order valence-corrected chi connectivity index (χ0v) is 14.1. The minimum atomic E-state index is -0.327. The highest BCUT2D eigenvalue weighted by molar-refractivity contribution is 5.68. The molecule has 0 bridgehead atoms. The SMILES string of the molecule is C[C@]12Cc3cnn(-c4ccc(F)cc4)c3C=C1CCC[C@@]2(C)C=O. The summed E-state index contributed by atoms with van der Waals surface area (Å²) in [5.41, 5.74) is 3.93. The average molecular weight is 324 g/mol. The van der Waals surface area contributed by atoms with Crippen LogP contribution in [0.4, 0.5) is 4.39 Å². The Balaban J connectivity index is 1.82. The van der Waals surface area contributed by atoms with Crippen LogP contribution in [-0.4, -0.2) is 16.1 Å². The Morgan fingerprint density at radius 3 is 2.71 bits per heavy atom. The Morgan fingerprint density at radius 2 is 2.00 bits per heavy atom. The first-order chi connectivity index (χ1) is 11.5. The summed E-state index contributed by atoms with van der Waals surface area (Å²) < 4.78 is 15.1. The van der Waals surface area contributed by atoms with E-state index in [1.54, 1.807) is 12.1 Å². The molecule has 4 heteroatoms. The van der Waals surface area contributed by atoms with Gasteiger partial charge in [-0.05, 0) is 61.6 Å².